The second kappa shape index (κ2) is 10.9. The van der Waals surface area contributed by atoms with E-state index in [-0.39, 0.29) is 18.1 Å². The molecule has 27 heavy (non-hydrogen) atoms. The number of hydrogen-bond donors (Lipinski definition) is 0. The molecule has 1 unspecified atom stereocenters. The Morgan fingerprint density at radius 3 is 1.67 bits per heavy atom. The van der Waals surface area contributed by atoms with Crippen LogP contribution in [-0.2, 0) is 18.9 Å². The molecule has 2 aliphatic heterocycles. The molecule has 0 radical (unpaired) electrons. The molecule has 0 aromatic heterocycles. The summed E-state index contributed by atoms with van der Waals surface area (Å²) in [5.41, 5.74) is 0. The molecule has 0 fully saturated rings. The smallest absolute Gasteiger partial charge is 0.209 e. The highest BCUT2D eigenvalue weighted by molar-refractivity contribution is 5.94. The average Bonchev–Trinajstić information content (AvgIpc) is 2.67. The maximum atomic E-state index is 5.22. The molecule has 3 atom stereocenters. The molecule has 0 spiro atoms. The van der Waals surface area contributed by atoms with Crippen LogP contribution in [0.5, 0.6) is 0 Å². The predicted molar refractivity (Wildman–Crippen MR) is 109 cm³/mol. The van der Waals surface area contributed by atoms with Crippen LogP contribution in [0.15, 0.2) is 20.0 Å². The van der Waals surface area contributed by atoms with Crippen LogP contribution in [0.1, 0.15) is 34.6 Å². The predicted octanol–water partition coefficient (Wildman–Crippen LogP) is 2.62. The van der Waals surface area contributed by atoms with Crippen molar-refractivity contribution in [2.45, 2.75) is 52.7 Å². The van der Waals surface area contributed by atoms with Gasteiger partial charge in [0.1, 0.15) is 24.7 Å². The fourth-order valence-corrected chi connectivity index (χ4v) is 2.68. The standard InChI is InChI=1S/C10H18N2O2.C9H16N2O2/c1-6(2)8-10(14-5)11-7(3)9(12-8)13-4;1-6(2)8-9(13-4)10-5-7(11-8)12-3/h6-8H,1-5H3;6,8H,5H2,1-4H3/t7?,8-;8-/m11/s1. The van der Waals surface area contributed by atoms with E-state index in [0.717, 1.165) is 0 Å². The molecule has 0 saturated heterocycles. The first-order chi connectivity index (χ1) is 12.8. The zero-order chi connectivity index (χ0) is 20.6. The quantitative estimate of drug-likeness (QED) is 0.735. The van der Waals surface area contributed by atoms with Gasteiger partial charge in [0.15, 0.2) is 0 Å². The van der Waals surface area contributed by atoms with Gasteiger partial charge in [-0.1, -0.05) is 27.7 Å². The number of nitrogens with zero attached hydrogens (tertiary/aromatic N) is 4. The Labute approximate surface area is 162 Å². The van der Waals surface area contributed by atoms with Crippen molar-refractivity contribution in [3.8, 4) is 0 Å². The first-order valence-corrected chi connectivity index (χ1v) is 9.21. The minimum absolute atomic E-state index is 0.00806. The van der Waals surface area contributed by atoms with Gasteiger partial charge in [-0.2, -0.15) is 0 Å². The first-order valence-electron chi connectivity index (χ1n) is 9.21. The Hall–Kier alpha value is -2.12. The molecule has 154 valence electrons. The molecule has 0 N–H and O–H groups in total. The van der Waals surface area contributed by atoms with Gasteiger partial charge in [0.2, 0.25) is 23.6 Å². The highest BCUT2D eigenvalue weighted by Gasteiger charge is 2.28. The van der Waals surface area contributed by atoms with Gasteiger partial charge in [-0.05, 0) is 18.8 Å². The summed E-state index contributed by atoms with van der Waals surface area (Å²) in [7, 11) is 6.50. The van der Waals surface area contributed by atoms with E-state index < -0.39 is 0 Å². The number of hydrogen-bond acceptors (Lipinski definition) is 8. The SMILES string of the molecule is COC1=N[C@H](C(C)C)C(OC)=NC1.COC1=N[C@H](C(C)C)C(OC)=NC1C. The van der Waals surface area contributed by atoms with Crippen LogP contribution in [0.2, 0.25) is 0 Å². The summed E-state index contributed by atoms with van der Waals surface area (Å²) in [6, 6.07) is -0.0372. The molecule has 2 rings (SSSR count). The van der Waals surface area contributed by atoms with Gasteiger partial charge in [0.05, 0.1) is 28.4 Å². The van der Waals surface area contributed by atoms with Crippen molar-refractivity contribution in [2.24, 2.45) is 31.8 Å². The molecule has 0 aromatic rings. The normalized spacial score (nSPS) is 24.8. The van der Waals surface area contributed by atoms with Crippen LogP contribution in [0.3, 0.4) is 0 Å². The summed E-state index contributed by atoms with van der Waals surface area (Å²) < 4.78 is 20.6. The highest BCUT2D eigenvalue weighted by atomic mass is 16.5. The summed E-state index contributed by atoms with van der Waals surface area (Å²) in [6.45, 7) is 10.8. The van der Waals surface area contributed by atoms with E-state index in [9.17, 15) is 0 Å². The van der Waals surface area contributed by atoms with Gasteiger partial charge in [-0.3, -0.25) is 0 Å². The van der Waals surface area contributed by atoms with Gasteiger partial charge in [-0.25, -0.2) is 20.0 Å². The van der Waals surface area contributed by atoms with Gasteiger partial charge in [-0.15, -0.1) is 0 Å². The van der Waals surface area contributed by atoms with Gasteiger partial charge in [0.25, 0.3) is 0 Å². The number of methoxy groups -OCH3 is 4. The van der Waals surface area contributed by atoms with Gasteiger partial charge < -0.3 is 18.9 Å². The summed E-state index contributed by atoms with van der Waals surface area (Å²) in [5, 5.41) is 0. The third-order valence-corrected chi connectivity index (χ3v) is 4.23. The highest BCUT2D eigenvalue weighted by Crippen LogP contribution is 2.17. The Kier molecular flexibility index (Phi) is 9.25. The molecule has 8 heteroatoms. The molecule has 2 heterocycles. The minimum atomic E-state index is -0.0371. The van der Waals surface area contributed by atoms with Gasteiger partial charge in [0, 0.05) is 0 Å². The monoisotopic (exact) mass is 382 g/mol. The number of ether oxygens (including phenoxy) is 4. The van der Waals surface area contributed by atoms with Crippen molar-refractivity contribution in [2.75, 3.05) is 35.0 Å². The lowest BCUT2D eigenvalue weighted by Crippen LogP contribution is -2.36. The molecule has 0 amide bonds. The lowest BCUT2D eigenvalue weighted by molar-refractivity contribution is 0.335. The Bertz CT molecular complexity index is 597. The summed E-state index contributed by atoms with van der Waals surface area (Å²) in [4.78, 5) is 17.5. The maximum absolute atomic E-state index is 5.22. The molecule has 0 saturated carbocycles. The fourth-order valence-electron chi connectivity index (χ4n) is 2.68. The van der Waals surface area contributed by atoms with Crippen molar-refractivity contribution < 1.29 is 18.9 Å². The number of aliphatic imine (C=N–C) groups is 4. The van der Waals surface area contributed by atoms with Crippen LogP contribution in [0.4, 0.5) is 0 Å². The van der Waals surface area contributed by atoms with Crippen molar-refractivity contribution in [1.82, 2.24) is 0 Å². The molecular weight excluding hydrogens is 348 g/mol. The molecule has 2 aliphatic rings. The summed E-state index contributed by atoms with van der Waals surface area (Å²) in [5.74, 6) is 3.52. The topological polar surface area (TPSA) is 86.4 Å². The molecule has 8 nitrogen and oxygen atoms in total. The van der Waals surface area contributed by atoms with E-state index >= 15 is 0 Å². The number of rotatable bonds is 2. The van der Waals surface area contributed by atoms with Crippen LogP contribution in [-0.4, -0.2) is 76.7 Å². The van der Waals surface area contributed by atoms with Crippen LogP contribution in [0, 0.1) is 11.8 Å². The molecular formula is C19H34N4O4. The molecule has 0 bridgehead atoms. The largest absolute Gasteiger partial charge is 0.483 e. The zero-order valence-electron chi connectivity index (χ0n) is 18.0. The third-order valence-electron chi connectivity index (χ3n) is 4.23. The van der Waals surface area contributed by atoms with Crippen molar-refractivity contribution in [1.29, 1.82) is 0 Å². The molecule has 0 aromatic carbocycles. The summed E-state index contributed by atoms with van der Waals surface area (Å²) in [6.07, 6.45) is 0. The maximum Gasteiger partial charge on any atom is 0.209 e. The molecule has 0 aliphatic carbocycles. The Morgan fingerprint density at radius 2 is 1.22 bits per heavy atom. The Morgan fingerprint density at radius 1 is 0.704 bits per heavy atom. The van der Waals surface area contributed by atoms with E-state index in [1.54, 1.807) is 28.4 Å². The van der Waals surface area contributed by atoms with E-state index in [0.29, 0.717) is 42.0 Å². The lowest BCUT2D eigenvalue weighted by atomic mass is 10.0. The zero-order valence-corrected chi connectivity index (χ0v) is 18.0. The van der Waals surface area contributed by atoms with Crippen molar-refractivity contribution in [3.63, 3.8) is 0 Å². The van der Waals surface area contributed by atoms with Crippen LogP contribution in [0.25, 0.3) is 0 Å². The fraction of sp³-hybridized carbons (Fsp3) is 0.789. The van der Waals surface area contributed by atoms with Crippen molar-refractivity contribution in [3.05, 3.63) is 0 Å². The Balaban J connectivity index is 0.000000271. The summed E-state index contributed by atoms with van der Waals surface area (Å²) >= 11 is 0. The van der Waals surface area contributed by atoms with Gasteiger partial charge >= 0.3 is 0 Å². The van der Waals surface area contributed by atoms with E-state index in [1.165, 1.54) is 0 Å². The van der Waals surface area contributed by atoms with Crippen LogP contribution >= 0.6 is 0 Å². The average molecular weight is 383 g/mol. The lowest BCUT2D eigenvalue weighted by Gasteiger charge is -2.25. The van der Waals surface area contributed by atoms with Crippen molar-refractivity contribution >= 4 is 23.6 Å². The van der Waals surface area contributed by atoms with E-state index in [2.05, 4.69) is 47.7 Å². The second-order valence-electron chi connectivity index (χ2n) is 6.98. The minimum Gasteiger partial charge on any atom is -0.483 e. The second-order valence-corrected chi connectivity index (χ2v) is 6.98. The van der Waals surface area contributed by atoms with Crippen LogP contribution < -0.4 is 0 Å². The van der Waals surface area contributed by atoms with E-state index in [1.807, 2.05) is 6.92 Å². The third kappa shape index (κ3) is 6.22. The van der Waals surface area contributed by atoms with E-state index in [4.69, 9.17) is 18.9 Å². The first kappa shape index (κ1) is 22.9.